The van der Waals surface area contributed by atoms with Crippen molar-refractivity contribution in [1.82, 2.24) is 5.32 Å². The molecule has 1 aromatic rings. The lowest BCUT2D eigenvalue weighted by molar-refractivity contribution is 0.0935. The fourth-order valence-electron chi connectivity index (χ4n) is 2.69. The number of benzene rings is 1. The van der Waals surface area contributed by atoms with E-state index >= 15 is 0 Å². The first kappa shape index (κ1) is 15.9. The fourth-order valence-corrected chi connectivity index (χ4v) is 3.25. The molecule has 0 aliphatic heterocycles. The molecule has 1 fully saturated rings. The van der Waals surface area contributed by atoms with Gasteiger partial charge in [-0.15, -0.1) is 0 Å². The van der Waals surface area contributed by atoms with E-state index in [0.717, 1.165) is 37.5 Å². The molecule has 1 saturated carbocycles. The van der Waals surface area contributed by atoms with Crippen molar-refractivity contribution >= 4 is 15.9 Å². The summed E-state index contributed by atoms with van der Waals surface area (Å²) in [4.78, 5) is 11.7. The molecular formula is C14H19FN2O3S. The van der Waals surface area contributed by atoms with Crippen LogP contribution in [-0.4, -0.2) is 20.4 Å². The van der Waals surface area contributed by atoms with Crippen LogP contribution >= 0.6 is 0 Å². The van der Waals surface area contributed by atoms with E-state index in [4.69, 9.17) is 5.14 Å². The fraction of sp³-hybridized carbons (Fsp3) is 0.500. The first-order valence-corrected chi connectivity index (χ1v) is 8.26. The SMILES string of the molecule is CC1(C)CCC(NC(=O)c2cc(F)cc(S(N)(=O)=O)c2)C1. The van der Waals surface area contributed by atoms with Crippen molar-refractivity contribution in [2.24, 2.45) is 10.6 Å². The largest absolute Gasteiger partial charge is 0.349 e. The second kappa shape index (κ2) is 5.38. The van der Waals surface area contributed by atoms with Crippen molar-refractivity contribution in [2.75, 3.05) is 0 Å². The zero-order valence-corrected chi connectivity index (χ0v) is 12.8. The minimum Gasteiger partial charge on any atom is -0.349 e. The Morgan fingerprint density at radius 2 is 2.05 bits per heavy atom. The Balaban J connectivity index is 2.18. The van der Waals surface area contributed by atoms with E-state index in [9.17, 15) is 17.6 Å². The van der Waals surface area contributed by atoms with E-state index < -0.39 is 26.6 Å². The third kappa shape index (κ3) is 4.01. The summed E-state index contributed by atoms with van der Waals surface area (Å²) in [5, 5.41) is 7.78. The van der Waals surface area contributed by atoms with Crippen LogP contribution in [0.3, 0.4) is 0 Å². The Kier molecular flexibility index (Phi) is 4.08. The van der Waals surface area contributed by atoms with Crippen molar-refractivity contribution < 1.29 is 17.6 Å². The highest BCUT2D eigenvalue weighted by Crippen LogP contribution is 2.37. The van der Waals surface area contributed by atoms with Crippen LogP contribution in [0.1, 0.15) is 43.5 Å². The van der Waals surface area contributed by atoms with Gasteiger partial charge in [-0.25, -0.2) is 17.9 Å². The number of carbonyl (C=O) groups excluding carboxylic acids is 1. The molecule has 0 spiro atoms. The summed E-state index contributed by atoms with van der Waals surface area (Å²) in [5.74, 6) is -1.29. The predicted octanol–water partition coefficient (Wildman–Crippen LogP) is 1.78. The maximum atomic E-state index is 13.5. The monoisotopic (exact) mass is 314 g/mol. The highest BCUT2D eigenvalue weighted by Gasteiger charge is 2.32. The van der Waals surface area contributed by atoms with Crippen LogP contribution in [0.5, 0.6) is 0 Å². The molecule has 1 atom stereocenters. The number of carbonyl (C=O) groups is 1. The normalized spacial score (nSPS) is 21.2. The molecule has 1 aliphatic carbocycles. The van der Waals surface area contributed by atoms with Crippen LogP contribution in [0.2, 0.25) is 0 Å². The number of hydrogen-bond donors (Lipinski definition) is 2. The molecule has 21 heavy (non-hydrogen) atoms. The maximum absolute atomic E-state index is 13.5. The second-order valence-electron chi connectivity index (χ2n) is 6.30. The molecule has 0 bridgehead atoms. The number of nitrogens with one attached hydrogen (secondary N) is 1. The average molecular weight is 314 g/mol. The van der Waals surface area contributed by atoms with Gasteiger partial charge in [-0.1, -0.05) is 13.8 Å². The minimum atomic E-state index is -4.05. The number of nitrogens with two attached hydrogens (primary N) is 1. The van der Waals surface area contributed by atoms with Gasteiger partial charge in [0.1, 0.15) is 5.82 Å². The molecule has 1 unspecified atom stereocenters. The summed E-state index contributed by atoms with van der Waals surface area (Å²) >= 11 is 0. The summed E-state index contributed by atoms with van der Waals surface area (Å²) in [6.45, 7) is 4.25. The van der Waals surface area contributed by atoms with Gasteiger partial charge in [0.2, 0.25) is 10.0 Å². The smallest absolute Gasteiger partial charge is 0.251 e. The number of primary sulfonamides is 1. The molecule has 2 rings (SSSR count). The predicted molar refractivity (Wildman–Crippen MR) is 76.7 cm³/mol. The van der Waals surface area contributed by atoms with E-state index in [1.54, 1.807) is 0 Å². The van der Waals surface area contributed by atoms with E-state index in [-0.39, 0.29) is 17.0 Å². The van der Waals surface area contributed by atoms with Gasteiger partial charge in [0, 0.05) is 11.6 Å². The lowest BCUT2D eigenvalue weighted by atomic mass is 9.92. The van der Waals surface area contributed by atoms with Crippen LogP contribution in [0.4, 0.5) is 4.39 Å². The summed E-state index contributed by atoms with van der Waals surface area (Å²) in [5.41, 5.74) is 0.134. The standard InChI is InChI=1S/C14H19FN2O3S/c1-14(2)4-3-11(8-14)17-13(18)9-5-10(15)7-12(6-9)21(16,19)20/h5-7,11H,3-4,8H2,1-2H3,(H,17,18)(H2,16,19,20). The first-order chi connectivity index (χ1) is 9.57. The molecule has 0 radical (unpaired) electrons. The zero-order valence-electron chi connectivity index (χ0n) is 12.0. The lowest BCUT2D eigenvalue weighted by Gasteiger charge is -2.18. The highest BCUT2D eigenvalue weighted by molar-refractivity contribution is 7.89. The zero-order chi connectivity index (χ0) is 15.8. The number of sulfonamides is 1. The Morgan fingerprint density at radius 1 is 1.38 bits per heavy atom. The van der Waals surface area contributed by atoms with Crippen LogP contribution in [0.25, 0.3) is 0 Å². The highest BCUT2D eigenvalue weighted by atomic mass is 32.2. The van der Waals surface area contributed by atoms with Crippen molar-refractivity contribution in [3.05, 3.63) is 29.6 Å². The van der Waals surface area contributed by atoms with E-state index in [0.29, 0.717) is 0 Å². The number of halogens is 1. The van der Waals surface area contributed by atoms with Crippen LogP contribution < -0.4 is 10.5 Å². The molecule has 1 aromatic carbocycles. The van der Waals surface area contributed by atoms with E-state index in [1.165, 1.54) is 0 Å². The van der Waals surface area contributed by atoms with Gasteiger partial charge in [0.15, 0.2) is 0 Å². The van der Waals surface area contributed by atoms with Gasteiger partial charge in [-0.3, -0.25) is 4.79 Å². The molecule has 1 aliphatic rings. The number of hydrogen-bond acceptors (Lipinski definition) is 3. The Bertz CT molecular complexity index is 671. The average Bonchev–Trinajstić information content (AvgIpc) is 2.66. The molecule has 1 amide bonds. The van der Waals surface area contributed by atoms with E-state index in [1.807, 2.05) is 0 Å². The lowest BCUT2D eigenvalue weighted by Crippen LogP contribution is -2.33. The first-order valence-electron chi connectivity index (χ1n) is 6.71. The van der Waals surface area contributed by atoms with Gasteiger partial charge in [0.05, 0.1) is 4.90 Å². The molecular weight excluding hydrogens is 295 g/mol. The molecule has 3 N–H and O–H groups in total. The van der Waals surface area contributed by atoms with E-state index in [2.05, 4.69) is 19.2 Å². The quantitative estimate of drug-likeness (QED) is 0.891. The third-order valence-electron chi connectivity index (χ3n) is 3.77. The van der Waals surface area contributed by atoms with Crippen LogP contribution in [0.15, 0.2) is 23.1 Å². The summed E-state index contributed by atoms with van der Waals surface area (Å²) in [6, 6.07) is 2.91. The molecule has 5 nitrogen and oxygen atoms in total. The topological polar surface area (TPSA) is 89.3 Å². The molecule has 116 valence electrons. The molecule has 7 heteroatoms. The maximum Gasteiger partial charge on any atom is 0.251 e. The van der Waals surface area contributed by atoms with Gasteiger partial charge in [-0.2, -0.15) is 0 Å². The van der Waals surface area contributed by atoms with Crippen molar-refractivity contribution in [3.63, 3.8) is 0 Å². The van der Waals surface area contributed by atoms with Crippen LogP contribution in [-0.2, 0) is 10.0 Å². The number of amides is 1. The number of rotatable bonds is 3. The van der Waals surface area contributed by atoms with Crippen LogP contribution in [0, 0.1) is 11.2 Å². The Labute approximate surface area is 123 Å². The van der Waals surface area contributed by atoms with Crippen molar-refractivity contribution in [3.8, 4) is 0 Å². The molecule has 0 heterocycles. The molecule has 0 saturated heterocycles. The minimum absolute atomic E-state index is 0.0219. The van der Waals surface area contributed by atoms with Crippen molar-refractivity contribution in [2.45, 2.75) is 44.0 Å². The van der Waals surface area contributed by atoms with Gasteiger partial charge < -0.3 is 5.32 Å². The van der Waals surface area contributed by atoms with Gasteiger partial charge in [0.25, 0.3) is 5.91 Å². The van der Waals surface area contributed by atoms with Gasteiger partial charge >= 0.3 is 0 Å². The summed E-state index contributed by atoms with van der Waals surface area (Å²) in [6.07, 6.45) is 2.70. The Morgan fingerprint density at radius 3 is 2.57 bits per heavy atom. The summed E-state index contributed by atoms with van der Waals surface area (Å²) in [7, 11) is -4.05. The summed E-state index contributed by atoms with van der Waals surface area (Å²) < 4.78 is 36.0. The molecule has 0 aromatic heterocycles. The Hall–Kier alpha value is -1.47. The second-order valence-corrected chi connectivity index (χ2v) is 7.86. The van der Waals surface area contributed by atoms with Crippen molar-refractivity contribution in [1.29, 1.82) is 0 Å². The third-order valence-corrected chi connectivity index (χ3v) is 4.66. The van der Waals surface area contributed by atoms with Gasteiger partial charge in [-0.05, 0) is 42.9 Å².